The third-order valence-corrected chi connectivity index (χ3v) is 3.42. The normalized spacial score (nSPS) is 10.6. The van der Waals surface area contributed by atoms with Gasteiger partial charge in [0, 0.05) is 21.3 Å². The summed E-state index contributed by atoms with van der Waals surface area (Å²) in [6, 6.07) is 1.89. The Morgan fingerprint density at radius 2 is 2.19 bits per heavy atom. The van der Waals surface area contributed by atoms with Crippen LogP contribution in [-0.4, -0.2) is 35.0 Å². The molecule has 0 saturated heterocycles. The Kier molecular flexibility index (Phi) is 4.91. The number of nitrogens with zero attached hydrogens (tertiary/aromatic N) is 1. The van der Waals surface area contributed by atoms with Crippen molar-refractivity contribution in [1.82, 2.24) is 4.90 Å². The standard InChI is InChI=1S/C9H11BrN2O3S/c10-6-1-7(16-5-6)2-12(3-8(11)13)4-9(14)15/h1,5H,2-4H2,(H2,11,13)(H,14,15). The largest absolute Gasteiger partial charge is 0.480 e. The number of carbonyl (C=O) groups excluding carboxylic acids is 1. The minimum atomic E-state index is -0.975. The van der Waals surface area contributed by atoms with E-state index in [-0.39, 0.29) is 13.1 Å². The molecule has 0 aliphatic heterocycles. The zero-order valence-corrected chi connectivity index (χ0v) is 10.8. The second kappa shape index (κ2) is 5.97. The van der Waals surface area contributed by atoms with E-state index in [0.717, 1.165) is 9.35 Å². The molecule has 7 heteroatoms. The molecule has 1 rings (SSSR count). The number of primary amides is 1. The Morgan fingerprint density at radius 1 is 1.50 bits per heavy atom. The second-order valence-electron chi connectivity index (χ2n) is 3.24. The van der Waals surface area contributed by atoms with Crippen LogP contribution in [0.25, 0.3) is 0 Å². The van der Waals surface area contributed by atoms with Crippen LogP contribution in [0.3, 0.4) is 0 Å². The molecule has 0 saturated carbocycles. The first-order valence-electron chi connectivity index (χ1n) is 4.42. The van der Waals surface area contributed by atoms with Gasteiger partial charge in [0.05, 0.1) is 13.1 Å². The topological polar surface area (TPSA) is 83.6 Å². The molecular weight excluding hydrogens is 296 g/mol. The number of carbonyl (C=O) groups is 2. The molecule has 0 atom stereocenters. The summed E-state index contributed by atoms with van der Waals surface area (Å²) in [4.78, 5) is 23.8. The minimum absolute atomic E-state index is 0.0538. The third-order valence-electron chi connectivity index (χ3n) is 1.74. The number of halogens is 1. The van der Waals surface area contributed by atoms with Gasteiger partial charge < -0.3 is 10.8 Å². The molecule has 1 aromatic heterocycles. The van der Waals surface area contributed by atoms with Crippen LogP contribution in [0.1, 0.15) is 4.88 Å². The summed E-state index contributed by atoms with van der Waals surface area (Å²) in [5.74, 6) is -1.51. The van der Waals surface area contributed by atoms with E-state index >= 15 is 0 Å². The van der Waals surface area contributed by atoms with Gasteiger partial charge in [0.25, 0.3) is 0 Å². The first-order valence-corrected chi connectivity index (χ1v) is 6.10. The van der Waals surface area contributed by atoms with E-state index in [4.69, 9.17) is 10.8 Å². The first-order chi connectivity index (χ1) is 7.47. The van der Waals surface area contributed by atoms with Crippen molar-refractivity contribution in [3.63, 3.8) is 0 Å². The highest BCUT2D eigenvalue weighted by atomic mass is 79.9. The van der Waals surface area contributed by atoms with Crippen LogP contribution < -0.4 is 5.73 Å². The maximum absolute atomic E-state index is 10.8. The Hall–Kier alpha value is -0.920. The summed E-state index contributed by atoms with van der Waals surface area (Å²) in [5.41, 5.74) is 5.05. The summed E-state index contributed by atoms with van der Waals surface area (Å²) in [7, 11) is 0. The molecule has 1 aromatic rings. The SMILES string of the molecule is NC(=O)CN(CC(=O)O)Cc1cc(Br)cs1. The van der Waals surface area contributed by atoms with E-state index in [1.54, 1.807) is 0 Å². The Labute approximate surface area is 105 Å². The molecule has 0 aromatic carbocycles. The predicted molar refractivity (Wildman–Crippen MR) is 64.1 cm³/mol. The highest BCUT2D eigenvalue weighted by molar-refractivity contribution is 9.10. The molecule has 1 amide bonds. The maximum Gasteiger partial charge on any atom is 0.317 e. The third kappa shape index (κ3) is 4.73. The van der Waals surface area contributed by atoms with Gasteiger partial charge >= 0.3 is 5.97 Å². The van der Waals surface area contributed by atoms with Crippen LogP contribution >= 0.6 is 27.3 Å². The van der Waals surface area contributed by atoms with Gasteiger partial charge in [-0.2, -0.15) is 0 Å². The highest BCUT2D eigenvalue weighted by Crippen LogP contribution is 2.20. The number of aliphatic carboxylic acids is 1. The Balaban J connectivity index is 2.62. The molecule has 0 aliphatic carbocycles. The molecule has 0 fully saturated rings. The van der Waals surface area contributed by atoms with Gasteiger partial charge in [-0.25, -0.2) is 0 Å². The Bertz CT molecular complexity index is 378. The summed E-state index contributed by atoms with van der Waals surface area (Å²) >= 11 is 4.81. The molecule has 88 valence electrons. The van der Waals surface area contributed by atoms with E-state index in [1.165, 1.54) is 16.2 Å². The van der Waals surface area contributed by atoms with Crippen molar-refractivity contribution < 1.29 is 14.7 Å². The zero-order valence-electron chi connectivity index (χ0n) is 8.35. The molecule has 0 bridgehead atoms. The second-order valence-corrected chi connectivity index (χ2v) is 5.15. The lowest BCUT2D eigenvalue weighted by Crippen LogP contribution is -2.36. The van der Waals surface area contributed by atoms with Crippen molar-refractivity contribution in [2.75, 3.05) is 13.1 Å². The molecular formula is C9H11BrN2O3S. The van der Waals surface area contributed by atoms with Crippen molar-refractivity contribution in [1.29, 1.82) is 0 Å². The summed E-state index contributed by atoms with van der Waals surface area (Å²) in [6.45, 7) is 0.159. The summed E-state index contributed by atoms with van der Waals surface area (Å²) < 4.78 is 0.946. The zero-order chi connectivity index (χ0) is 12.1. The average molecular weight is 307 g/mol. The quantitative estimate of drug-likeness (QED) is 0.817. The van der Waals surface area contributed by atoms with Crippen molar-refractivity contribution in [2.24, 2.45) is 5.73 Å². The van der Waals surface area contributed by atoms with Gasteiger partial charge in [-0.1, -0.05) is 0 Å². The fourth-order valence-corrected chi connectivity index (χ4v) is 2.73. The summed E-state index contributed by atoms with van der Waals surface area (Å²) in [5, 5.41) is 10.6. The molecule has 0 spiro atoms. The molecule has 5 nitrogen and oxygen atoms in total. The number of carboxylic acid groups (broad SMARTS) is 1. The maximum atomic E-state index is 10.8. The fraction of sp³-hybridized carbons (Fsp3) is 0.333. The monoisotopic (exact) mass is 306 g/mol. The number of hydrogen-bond acceptors (Lipinski definition) is 4. The van der Waals surface area contributed by atoms with Crippen molar-refractivity contribution in [3.8, 4) is 0 Å². The van der Waals surface area contributed by atoms with Crippen LogP contribution in [0.4, 0.5) is 0 Å². The van der Waals surface area contributed by atoms with Crippen molar-refractivity contribution in [2.45, 2.75) is 6.54 Å². The van der Waals surface area contributed by atoms with E-state index in [2.05, 4.69) is 15.9 Å². The number of amides is 1. The van der Waals surface area contributed by atoms with Gasteiger partial charge in [-0.3, -0.25) is 14.5 Å². The predicted octanol–water partition coefficient (Wildman–Crippen LogP) is 0.883. The lowest BCUT2D eigenvalue weighted by Gasteiger charge is -2.16. The lowest BCUT2D eigenvalue weighted by atomic mass is 10.4. The lowest BCUT2D eigenvalue weighted by molar-refractivity contribution is -0.138. The number of carboxylic acids is 1. The molecule has 0 aliphatic rings. The van der Waals surface area contributed by atoms with Gasteiger partial charge in [0.2, 0.25) is 5.91 Å². The van der Waals surface area contributed by atoms with Gasteiger partial charge in [-0.05, 0) is 22.0 Å². The highest BCUT2D eigenvalue weighted by Gasteiger charge is 2.13. The van der Waals surface area contributed by atoms with Crippen LogP contribution in [0.5, 0.6) is 0 Å². The molecule has 1 heterocycles. The summed E-state index contributed by atoms with van der Waals surface area (Å²) in [6.07, 6.45) is 0. The minimum Gasteiger partial charge on any atom is -0.480 e. The average Bonchev–Trinajstić information content (AvgIpc) is 2.48. The van der Waals surface area contributed by atoms with E-state index < -0.39 is 11.9 Å². The smallest absolute Gasteiger partial charge is 0.317 e. The molecule has 0 unspecified atom stereocenters. The van der Waals surface area contributed by atoms with Gasteiger partial charge in [0.15, 0.2) is 0 Å². The van der Waals surface area contributed by atoms with Crippen LogP contribution in [0.2, 0.25) is 0 Å². The van der Waals surface area contributed by atoms with Gasteiger partial charge in [-0.15, -0.1) is 11.3 Å². The fourth-order valence-electron chi connectivity index (χ4n) is 1.24. The van der Waals surface area contributed by atoms with Crippen LogP contribution in [0, 0.1) is 0 Å². The van der Waals surface area contributed by atoms with Crippen LogP contribution in [0.15, 0.2) is 15.9 Å². The van der Waals surface area contributed by atoms with E-state index in [9.17, 15) is 9.59 Å². The van der Waals surface area contributed by atoms with E-state index in [0.29, 0.717) is 6.54 Å². The number of hydrogen-bond donors (Lipinski definition) is 2. The molecule has 3 N–H and O–H groups in total. The number of rotatable bonds is 6. The number of thiophene rings is 1. The number of nitrogens with two attached hydrogens (primary N) is 1. The van der Waals surface area contributed by atoms with Gasteiger partial charge in [0.1, 0.15) is 0 Å². The molecule has 0 radical (unpaired) electrons. The first kappa shape index (κ1) is 13.1. The molecule has 16 heavy (non-hydrogen) atoms. The van der Waals surface area contributed by atoms with Crippen molar-refractivity contribution in [3.05, 3.63) is 20.8 Å². The van der Waals surface area contributed by atoms with E-state index in [1.807, 2.05) is 11.4 Å². The van der Waals surface area contributed by atoms with Crippen molar-refractivity contribution >= 4 is 39.1 Å². The van der Waals surface area contributed by atoms with Crippen LogP contribution in [-0.2, 0) is 16.1 Å². The Morgan fingerprint density at radius 3 is 2.62 bits per heavy atom.